The summed E-state index contributed by atoms with van der Waals surface area (Å²) in [5.74, 6) is -0.575. The maximum Gasteiger partial charge on any atom is 0.248 e. The van der Waals surface area contributed by atoms with Crippen LogP contribution in [0.2, 0.25) is 0 Å². The molecule has 0 aromatic heterocycles. The number of hydrogen-bond donors (Lipinski definition) is 1. The van der Waals surface area contributed by atoms with E-state index in [2.05, 4.69) is 0 Å². The summed E-state index contributed by atoms with van der Waals surface area (Å²) in [6.07, 6.45) is 3.07. The van der Waals surface area contributed by atoms with Crippen LogP contribution in [0.15, 0.2) is 23.3 Å². The number of Topliss-reactive ketones (excluding diaryl/α,β-unsaturated/α-hetero) is 1. The summed E-state index contributed by atoms with van der Waals surface area (Å²) in [5.41, 5.74) is 5.93. The lowest BCUT2D eigenvalue weighted by Gasteiger charge is -1.96. The predicted octanol–water partition coefficient (Wildman–Crippen LogP) is 0.953. The molecule has 3 nitrogen and oxygen atoms in total. The Hall–Kier alpha value is -1.38. The molecule has 2 N–H and O–H groups in total. The number of carbonyl (C=O) groups excluding carboxylic acids is 2. The third-order valence-corrected chi connectivity index (χ3v) is 1.52. The van der Waals surface area contributed by atoms with Gasteiger partial charge in [0, 0.05) is 5.57 Å². The largest absolute Gasteiger partial charge is 0.366 e. The van der Waals surface area contributed by atoms with Crippen molar-refractivity contribution in [1.82, 2.24) is 0 Å². The van der Waals surface area contributed by atoms with E-state index in [0.717, 1.165) is 0 Å². The molecule has 66 valence electrons. The Kier molecular flexibility index (Phi) is 3.97. The minimum Gasteiger partial charge on any atom is -0.366 e. The second-order valence-electron chi connectivity index (χ2n) is 2.49. The van der Waals surface area contributed by atoms with E-state index in [1.165, 1.54) is 13.0 Å². The molecule has 0 rings (SSSR count). The highest BCUT2D eigenvalue weighted by molar-refractivity contribution is 5.99. The SMILES string of the molecule is C/C=C(\C=C(\C)C(C)=O)C(N)=O. The van der Waals surface area contributed by atoms with Crippen LogP contribution in [0.4, 0.5) is 0 Å². The lowest BCUT2D eigenvalue weighted by molar-refractivity contribution is -0.114. The number of hydrogen-bond acceptors (Lipinski definition) is 2. The van der Waals surface area contributed by atoms with Gasteiger partial charge in [0.25, 0.3) is 0 Å². The fourth-order valence-corrected chi connectivity index (χ4v) is 0.632. The maximum absolute atomic E-state index is 10.8. The van der Waals surface area contributed by atoms with E-state index in [9.17, 15) is 9.59 Å². The van der Waals surface area contributed by atoms with Gasteiger partial charge in [0.15, 0.2) is 5.78 Å². The minimum absolute atomic E-state index is 0.0596. The molecule has 3 heteroatoms. The van der Waals surface area contributed by atoms with Crippen LogP contribution in [0.3, 0.4) is 0 Å². The summed E-state index contributed by atoms with van der Waals surface area (Å²) in [4.78, 5) is 21.5. The number of carbonyl (C=O) groups is 2. The van der Waals surface area contributed by atoms with Crippen molar-refractivity contribution < 1.29 is 9.59 Å². The monoisotopic (exact) mass is 167 g/mol. The van der Waals surface area contributed by atoms with Crippen LogP contribution in [0, 0.1) is 0 Å². The van der Waals surface area contributed by atoms with Gasteiger partial charge < -0.3 is 5.73 Å². The van der Waals surface area contributed by atoms with Gasteiger partial charge in [-0.05, 0) is 32.4 Å². The van der Waals surface area contributed by atoms with Crippen LogP contribution in [0.5, 0.6) is 0 Å². The van der Waals surface area contributed by atoms with Crippen molar-refractivity contribution in [2.75, 3.05) is 0 Å². The second kappa shape index (κ2) is 4.49. The Labute approximate surface area is 71.9 Å². The summed E-state index contributed by atoms with van der Waals surface area (Å²) >= 11 is 0. The molecule has 0 unspecified atom stereocenters. The smallest absolute Gasteiger partial charge is 0.248 e. The first kappa shape index (κ1) is 10.6. The third kappa shape index (κ3) is 3.14. The quantitative estimate of drug-likeness (QED) is 0.502. The molecule has 0 aliphatic rings. The molecule has 0 aromatic carbocycles. The molecular formula is C9H13NO2. The first-order chi connectivity index (χ1) is 5.49. The molecule has 12 heavy (non-hydrogen) atoms. The summed E-state index contributed by atoms with van der Waals surface area (Å²) in [5, 5.41) is 0. The van der Waals surface area contributed by atoms with E-state index in [-0.39, 0.29) is 5.78 Å². The van der Waals surface area contributed by atoms with Gasteiger partial charge >= 0.3 is 0 Å². The molecule has 0 bridgehead atoms. The maximum atomic E-state index is 10.8. The Bertz CT molecular complexity index is 262. The van der Waals surface area contributed by atoms with Gasteiger partial charge in [0.05, 0.1) is 0 Å². The van der Waals surface area contributed by atoms with Gasteiger partial charge in [0.2, 0.25) is 5.91 Å². The number of nitrogens with two attached hydrogens (primary N) is 1. The molecule has 0 fully saturated rings. The van der Waals surface area contributed by atoms with E-state index in [1.807, 2.05) is 0 Å². The number of rotatable bonds is 3. The van der Waals surface area contributed by atoms with Crippen molar-refractivity contribution in [2.24, 2.45) is 5.73 Å². The first-order valence-corrected chi connectivity index (χ1v) is 3.64. The Morgan fingerprint density at radius 1 is 1.25 bits per heavy atom. The minimum atomic E-state index is -0.516. The Balaban J connectivity index is 4.72. The van der Waals surface area contributed by atoms with Gasteiger partial charge in [-0.1, -0.05) is 6.08 Å². The van der Waals surface area contributed by atoms with E-state index in [0.29, 0.717) is 11.1 Å². The van der Waals surface area contributed by atoms with Crippen LogP contribution in [0.1, 0.15) is 20.8 Å². The number of primary amides is 1. The van der Waals surface area contributed by atoms with E-state index < -0.39 is 5.91 Å². The zero-order valence-electron chi connectivity index (χ0n) is 7.55. The van der Waals surface area contributed by atoms with Gasteiger partial charge in [-0.25, -0.2) is 0 Å². The van der Waals surface area contributed by atoms with Crippen LogP contribution < -0.4 is 5.73 Å². The van der Waals surface area contributed by atoms with Crippen molar-refractivity contribution in [3.8, 4) is 0 Å². The molecule has 0 saturated carbocycles. The highest BCUT2D eigenvalue weighted by atomic mass is 16.1. The van der Waals surface area contributed by atoms with Gasteiger partial charge in [-0.15, -0.1) is 0 Å². The highest BCUT2D eigenvalue weighted by Gasteiger charge is 2.02. The van der Waals surface area contributed by atoms with Gasteiger partial charge in [-0.3, -0.25) is 9.59 Å². The number of ketones is 1. The average molecular weight is 167 g/mol. The van der Waals surface area contributed by atoms with Crippen LogP contribution in [-0.2, 0) is 9.59 Å². The molecule has 0 atom stereocenters. The van der Waals surface area contributed by atoms with Crippen LogP contribution in [0.25, 0.3) is 0 Å². The summed E-state index contributed by atoms with van der Waals surface area (Å²) in [6, 6.07) is 0. The van der Waals surface area contributed by atoms with Crippen LogP contribution in [-0.4, -0.2) is 11.7 Å². The molecule has 0 spiro atoms. The molecule has 0 saturated heterocycles. The van der Waals surface area contributed by atoms with Crippen molar-refractivity contribution in [3.05, 3.63) is 23.3 Å². The molecular weight excluding hydrogens is 154 g/mol. The van der Waals surface area contributed by atoms with Gasteiger partial charge in [-0.2, -0.15) is 0 Å². The second-order valence-corrected chi connectivity index (χ2v) is 2.49. The van der Waals surface area contributed by atoms with Crippen molar-refractivity contribution in [1.29, 1.82) is 0 Å². The Morgan fingerprint density at radius 2 is 1.75 bits per heavy atom. The number of amides is 1. The molecule has 0 radical (unpaired) electrons. The van der Waals surface area contributed by atoms with Crippen LogP contribution >= 0.6 is 0 Å². The summed E-state index contributed by atoms with van der Waals surface area (Å²) < 4.78 is 0. The normalized spacial score (nSPS) is 12.9. The zero-order valence-corrected chi connectivity index (χ0v) is 7.55. The first-order valence-electron chi connectivity index (χ1n) is 3.64. The summed E-state index contributed by atoms with van der Waals surface area (Å²) in [6.45, 7) is 4.79. The average Bonchev–Trinajstić information content (AvgIpc) is 1.98. The lowest BCUT2D eigenvalue weighted by atomic mass is 10.1. The van der Waals surface area contributed by atoms with Gasteiger partial charge in [0.1, 0.15) is 0 Å². The van der Waals surface area contributed by atoms with Crippen molar-refractivity contribution >= 4 is 11.7 Å². The predicted molar refractivity (Wildman–Crippen MR) is 47.4 cm³/mol. The van der Waals surface area contributed by atoms with E-state index >= 15 is 0 Å². The molecule has 0 aliphatic heterocycles. The summed E-state index contributed by atoms with van der Waals surface area (Å²) in [7, 11) is 0. The third-order valence-electron chi connectivity index (χ3n) is 1.52. The highest BCUT2D eigenvalue weighted by Crippen LogP contribution is 2.02. The standard InChI is InChI=1S/C9H13NO2/c1-4-8(9(10)12)5-6(2)7(3)11/h4-5H,1-3H3,(H2,10,12)/b6-5-,8-4+. The lowest BCUT2D eigenvalue weighted by Crippen LogP contribution is -2.13. The molecule has 1 amide bonds. The Morgan fingerprint density at radius 3 is 2.00 bits per heavy atom. The number of allylic oxidation sites excluding steroid dienone is 2. The van der Waals surface area contributed by atoms with E-state index in [4.69, 9.17) is 5.73 Å². The fraction of sp³-hybridized carbons (Fsp3) is 0.333. The van der Waals surface area contributed by atoms with Crippen molar-refractivity contribution in [2.45, 2.75) is 20.8 Å². The topological polar surface area (TPSA) is 60.2 Å². The molecule has 0 aliphatic carbocycles. The zero-order chi connectivity index (χ0) is 9.72. The van der Waals surface area contributed by atoms with Crippen molar-refractivity contribution in [3.63, 3.8) is 0 Å². The van der Waals surface area contributed by atoms with E-state index in [1.54, 1.807) is 19.9 Å². The molecule has 0 aromatic rings. The fourth-order valence-electron chi connectivity index (χ4n) is 0.632. The molecule has 0 heterocycles.